The first-order chi connectivity index (χ1) is 9.31. The first-order valence-corrected chi connectivity index (χ1v) is 8.44. The van der Waals surface area contributed by atoms with Crippen LogP contribution in [0.1, 0.15) is 19.3 Å². The van der Waals surface area contributed by atoms with Crippen molar-refractivity contribution < 1.29 is 0 Å². The van der Waals surface area contributed by atoms with Crippen molar-refractivity contribution >= 4 is 42.6 Å². The minimum atomic E-state index is 1.01. The number of nitrogens with zero attached hydrogens (tertiary/aromatic N) is 2. The highest BCUT2D eigenvalue weighted by Crippen LogP contribution is 2.28. The summed E-state index contributed by atoms with van der Waals surface area (Å²) < 4.78 is 2.35. The first-order valence-electron chi connectivity index (χ1n) is 6.83. The number of nitrogens with one attached hydrogen (secondary N) is 1. The Morgan fingerprint density at radius 2 is 2.16 bits per heavy atom. The molecule has 1 fully saturated rings. The van der Waals surface area contributed by atoms with Crippen LogP contribution >= 0.6 is 27.3 Å². The van der Waals surface area contributed by atoms with Crippen LogP contribution in [0.25, 0.3) is 10.2 Å². The van der Waals surface area contributed by atoms with Crippen LogP contribution in [0.2, 0.25) is 0 Å². The van der Waals surface area contributed by atoms with Gasteiger partial charge in [-0.25, -0.2) is 4.98 Å². The maximum atomic E-state index is 4.60. The summed E-state index contributed by atoms with van der Waals surface area (Å²) in [7, 11) is 0. The number of halogens is 1. The van der Waals surface area contributed by atoms with Crippen molar-refractivity contribution in [1.82, 2.24) is 9.88 Å². The normalized spacial score (nSPS) is 16.3. The molecule has 102 valence electrons. The molecule has 0 amide bonds. The van der Waals surface area contributed by atoms with Crippen LogP contribution in [0.5, 0.6) is 0 Å². The van der Waals surface area contributed by atoms with Gasteiger partial charge in [0.25, 0.3) is 0 Å². The smallest absolute Gasteiger partial charge is 0.183 e. The third-order valence-electron chi connectivity index (χ3n) is 3.48. The highest BCUT2D eigenvalue weighted by molar-refractivity contribution is 9.10. The number of thiazole rings is 1. The van der Waals surface area contributed by atoms with E-state index in [0.717, 1.165) is 21.7 Å². The summed E-state index contributed by atoms with van der Waals surface area (Å²) in [5, 5.41) is 4.48. The van der Waals surface area contributed by atoms with Gasteiger partial charge in [0.2, 0.25) is 0 Å². The average Bonchev–Trinajstić information content (AvgIpc) is 3.02. The molecule has 3 nitrogen and oxygen atoms in total. The molecule has 0 aliphatic carbocycles. The molecule has 0 spiro atoms. The SMILES string of the molecule is Brc1ccc2nc(NCCCN3CCCC3)sc2c1. The maximum absolute atomic E-state index is 4.60. The van der Waals surface area contributed by atoms with E-state index >= 15 is 0 Å². The summed E-state index contributed by atoms with van der Waals surface area (Å²) in [6, 6.07) is 6.23. The van der Waals surface area contributed by atoms with Gasteiger partial charge in [-0.15, -0.1) is 0 Å². The molecular formula is C14H18BrN3S. The molecule has 2 aromatic rings. The van der Waals surface area contributed by atoms with Crippen molar-refractivity contribution in [3.63, 3.8) is 0 Å². The summed E-state index contributed by atoms with van der Waals surface area (Å²) in [5.41, 5.74) is 1.08. The molecule has 2 heterocycles. The second-order valence-electron chi connectivity index (χ2n) is 4.96. The average molecular weight is 340 g/mol. The third kappa shape index (κ3) is 3.46. The van der Waals surface area contributed by atoms with Gasteiger partial charge in [0.15, 0.2) is 5.13 Å². The number of fused-ring (bicyclic) bond motifs is 1. The molecule has 0 bridgehead atoms. The Balaban J connectivity index is 1.50. The second-order valence-corrected chi connectivity index (χ2v) is 6.91. The van der Waals surface area contributed by atoms with Crippen LogP contribution in [-0.2, 0) is 0 Å². The van der Waals surface area contributed by atoms with Gasteiger partial charge in [0, 0.05) is 11.0 Å². The van der Waals surface area contributed by atoms with Crippen molar-refractivity contribution in [2.24, 2.45) is 0 Å². The minimum absolute atomic E-state index is 1.01. The number of rotatable bonds is 5. The lowest BCUT2D eigenvalue weighted by molar-refractivity contribution is 0.337. The fraction of sp³-hybridized carbons (Fsp3) is 0.500. The Hall–Kier alpha value is -0.650. The highest BCUT2D eigenvalue weighted by atomic mass is 79.9. The van der Waals surface area contributed by atoms with E-state index in [4.69, 9.17) is 0 Å². The summed E-state index contributed by atoms with van der Waals surface area (Å²) in [6.07, 6.45) is 3.94. The van der Waals surface area contributed by atoms with Crippen molar-refractivity contribution in [3.05, 3.63) is 22.7 Å². The molecule has 1 aromatic heterocycles. The van der Waals surface area contributed by atoms with Crippen LogP contribution < -0.4 is 5.32 Å². The lowest BCUT2D eigenvalue weighted by Crippen LogP contribution is -2.22. The van der Waals surface area contributed by atoms with Gasteiger partial charge in [-0.1, -0.05) is 27.3 Å². The molecule has 1 N–H and O–H groups in total. The van der Waals surface area contributed by atoms with Gasteiger partial charge in [-0.05, 0) is 57.1 Å². The maximum Gasteiger partial charge on any atom is 0.183 e. The predicted octanol–water partition coefficient (Wildman–Crippen LogP) is 3.96. The number of anilines is 1. The molecule has 1 aliphatic heterocycles. The van der Waals surface area contributed by atoms with Crippen LogP contribution in [0.4, 0.5) is 5.13 Å². The number of aromatic nitrogens is 1. The first kappa shape index (κ1) is 13.3. The van der Waals surface area contributed by atoms with E-state index in [1.165, 1.54) is 43.6 Å². The minimum Gasteiger partial charge on any atom is -0.361 e. The van der Waals surface area contributed by atoms with Crippen molar-refractivity contribution in [3.8, 4) is 0 Å². The highest BCUT2D eigenvalue weighted by Gasteiger charge is 2.10. The summed E-state index contributed by atoms with van der Waals surface area (Å²) in [4.78, 5) is 7.15. The summed E-state index contributed by atoms with van der Waals surface area (Å²) >= 11 is 5.22. The quantitative estimate of drug-likeness (QED) is 0.835. The topological polar surface area (TPSA) is 28.2 Å². The zero-order chi connectivity index (χ0) is 13.1. The number of likely N-dealkylation sites (tertiary alicyclic amines) is 1. The number of benzene rings is 1. The monoisotopic (exact) mass is 339 g/mol. The van der Waals surface area contributed by atoms with E-state index in [9.17, 15) is 0 Å². The third-order valence-corrected chi connectivity index (χ3v) is 4.95. The Labute approximate surface area is 126 Å². The molecule has 5 heteroatoms. The van der Waals surface area contributed by atoms with E-state index in [2.05, 4.69) is 43.3 Å². The van der Waals surface area contributed by atoms with Gasteiger partial charge in [-0.2, -0.15) is 0 Å². The Morgan fingerprint density at radius 1 is 1.32 bits per heavy atom. The van der Waals surface area contributed by atoms with Crippen molar-refractivity contribution in [2.45, 2.75) is 19.3 Å². The van der Waals surface area contributed by atoms with Gasteiger partial charge >= 0.3 is 0 Å². The lowest BCUT2D eigenvalue weighted by atomic mass is 10.3. The fourth-order valence-electron chi connectivity index (χ4n) is 2.48. The van der Waals surface area contributed by atoms with E-state index in [1.54, 1.807) is 11.3 Å². The molecule has 19 heavy (non-hydrogen) atoms. The van der Waals surface area contributed by atoms with Crippen LogP contribution in [0, 0.1) is 0 Å². The van der Waals surface area contributed by atoms with Gasteiger partial charge in [-0.3, -0.25) is 0 Å². The molecular weight excluding hydrogens is 322 g/mol. The zero-order valence-electron chi connectivity index (χ0n) is 10.9. The Bertz CT molecular complexity index is 549. The van der Waals surface area contributed by atoms with E-state index in [-0.39, 0.29) is 0 Å². The summed E-state index contributed by atoms with van der Waals surface area (Å²) in [6.45, 7) is 4.80. The molecule has 0 saturated carbocycles. The number of hydrogen-bond donors (Lipinski definition) is 1. The zero-order valence-corrected chi connectivity index (χ0v) is 13.3. The largest absolute Gasteiger partial charge is 0.361 e. The second kappa shape index (κ2) is 6.20. The van der Waals surface area contributed by atoms with Gasteiger partial charge < -0.3 is 10.2 Å². The van der Waals surface area contributed by atoms with E-state index in [0.29, 0.717) is 0 Å². The molecule has 1 aromatic carbocycles. The van der Waals surface area contributed by atoms with Gasteiger partial charge in [0.1, 0.15) is 0 Å². The van der Waals surface area contributed by atoms with Crippen LogP contribution in [0.3, 0.4) is 0 Å². The van der Waals surface area contributed by atoms with Crippen molar-refractivity contribution in [1.29, 1.82) is 0 Å². The number of hydrogen-bond acceptors (Lipinski definition) is 4. The Kier molecular flexibility index (Phi) is 4.35. The standard InChI is InChI=1S/C14H18BrN3S/c15-11-4-5-12-13(10-11)19-14(17-12)16-6-3-9-18-7-1-2-8-18/h4-5,10H,1-3,6-9H2,(H,16,17). The molecule has 1 aliphatic rings. The van der Waals surface area contributed by atoms with E-state index in [1.807, 2.05) is 6.07 Å². The predicted molar refractivity (Wildman–Crippen MR) is 86.1 cm³/mol. The molecule has 0 radical (unpaired) electrons. The van der Waals surface area contributed by atoms with E-state index < -0.39 is 0 Å². The van der Waals surface area contributed by atoms with Gasteiger partial charge in [0.05, 0.1) is 10.2 Å². The molecule has 0 atom stereocenters. The Morgan fingerprint density at radius 3 is 3.00 bits per heavy atom. The van der Waals surface area contributed by atoms with Crippen molar-refractivity contribution in [2.75, 3.05) is 31.5 Å². The lowest BCUT2D eigenvalue weighted by Gasteiger charge is -2.13. The molecule has 1 saturated heterocycles. The van der Waals surface area contributed by atoms with Crippen LogP contribution in [0.15, 0.2) is 22.7 Å². The van der Waals surface area contributed by atoms with Crippen LogP contribution in [-0.4, -0.2) is 36.1 Å². The fourth-order valence-corrected chi connectivity index (χ4v) is 3.92. The molecule has 0 unspecified atom stereocenters. The molecule has 3 rings (SSSR count). The summed E-state index contributed by atoms with van der Waals surface area (Å²) in [5.74, 6) is 0.